The SMILES string of the molecule is O=Cc1cccc(-c2nc[nH]n2)c1. The quantitative estimate of drug-likeness (QED) is 0.696. The molecule has 1 aromatic carbocycles. The van der Waals surface area contributed by atoms with Crippen LogP contribution in [0.1, 0.15) is 10.4 Å². The van der Waals surface area contributed by atoms with E-state index in [0.717, 1.165) is 11.8 Å². The molecule has 0 aliphatic heterocycles. The van der Waals surface area contributed by atoms with Crippen LogP contribution in [0.15, 0.2) is 30.6 Å². The van der Waals surface area contributed by atoms with Gasteiger partial charge < -0.3 is 0 Å². The Morgan fingerprint density at radius 3 is 3.00 bits per heavy atom. The number of aromatic amines is 1. The van der Waals surface area contributed by atoms with Crippen molar-refractivity contribution in [3.8, 4) is 11.4 Å². The van der Waals surface area contributed by atoms with Gasteiger partial charge in [0.1, 0.15) is 12.6 Å². The second-order valence-corrected chi connectivity index (χ2v) is 2.57. The number of nitrogens with one attached hydrogen (secondary N) is 1. The third kappa shape index (κ3) is 1.46. The number of carbonyl (C=O) groups excluding carboxylic acids is 1. The molecule has 0 radical (unpaired) electrons. The molecule has 13 heavy (non-hydrogen) atoms. The van der Waals surface area contributed by atoms with Crippen molar-refractivity contribution >= 4 is 6.29 Å². The van der Waals surface area contributed by atoms with Gasteiger partial charge in [-0.1, -0.05) is 18.2 Å². The van der Waals surface area contributed by atoms with Crippen molar-refractivity contribution in [2.24, 2.45) is 0 Å². The van der Waals surface area contributed by atoms with Gasteiger partial charge in [-0.2, -0.15) is 5.10 Å². The molecule has 0 fully saturated rings. The van der Waals surface area contributed by atoms with Crippen molar-refractivity contribution in [2.75, 3.05) is 0 Å². The molecule has 0 unspecified atom stereocenters. The lowest BCUT2D eigenvalue weighted by Crippen LogP contribution is -1.84. The molecular weight excluding hydrogens is 166 g/mol. The highest BCUT2D eigenvalue weighted by Crippen LogP contribution is 2.13. The van der Waals surface area contributed by atoms with Gasteiger partial charge in [-0.15, -0.1) is 0 Å². The zero-order valence-corrected chi connectivity index (χ0v) is 6.77. The molecule has 0 saturated carbocycles. The molecule has 1 aromatic heterocycles. The second-order valence-electron chi connectivity index (χ2n) is 2.57. The standard InChI is InChI=1S/C9H7N3O/c13-5-7-2-1-3-8(4-7)9-10-6-11-12-9/h1-6H,(H,10,11,12). The van der Waals surface area contributed by atoms with Crippen LogP contribution in [0.4, 0.5) is 0 Å². The molecule has 1 N–H and O–H groups in total. The number of aromatic nitrogens is 3. The normalized spacial score (nSPS) is 9.85. The average Bonchev–Trinajstić information content (AvgIpc) is 2.71. The molecule has 0 amide bonds. The van der Waals surface area contributed by atoms with Gasteiger partial charge in [-0.25, -0.2) is 4.98 Å². The van der Waals surface area contributed by atoms with Crippen LogP contribution in [-0.2, 0) is 0 Å². The van der Waals surface area contributed by atoms with Gasteiger partial charge in [0.2, 0.25) is 0 Å². The Hall–Kier alpha value is -1.97. The fourth-order valence-electron chi connectivity index (χ4n) is 1.10. The van der Waals surface area contributed by atoms with Gasteiger partial charge in [0.15, 0.2) is 5.82 Å². The van der Waals surface area contributed by atoms with Crippen LogP contribution in [-0.4, -0.2) is 21.5 Å². The zero-order valence-electron chi connectivity index (χ0n) is 6.77. The Bertz CT molecular complexity index is 409. The summed E-state index contributed by atoms with van der Waals surface area (Å²) in [6.45, 7) is 0. The van der Waals surface area contributed by atoms with Crippen LogP contribution < -0.4 is 0 Å². The Morgan fingerprint density at radius 1 is 1.38 bits per heavy atom. The van der Waals surface area contributed by atoms with E-state index >= 15 is 0 Å². The summed E-state index contributed by atoms with van der Waals surface area (Å²) < 4.78 is 0. The van der Waals surface area contributed by atoms with E-state index in [2.05, 4.69) is 15.2 Å². The Labute approximate surface area is 74.6 Å². The van der Waals surface area contributed by atoms with E-state index in [9.17, 15) is 4.79 Å². The van der Waals surface area contributed by atoms with Crippen molar-refractivity contribution in [2.45, 2.75) is 0 Å². The summed E-state index contributed by atoms with van der Waals surface area (Å²) in [6, 6.07) is 7.14. The maximum Gasteiger partial charge on any atom is 0.180 e. The maximum absolute atomic E-state index is 10.5. The summed E-state index contributed by atoms with van der Waals surface area (Å²) in [5, 5.41) is 6.53. The predicted octanol–water partition coefficient (Wildman–Crippen LogP) is 1.28. The van der Waals surface area contributed by atoms with Gasteiger partial charge >= 0.3 is 0 Å². The molecule has 0 atom stereocenters. The summed E-state index contributed by atoms with van der Waals surface area (Å²) in [5.74, 6) is 0.601. The number of hydrogen-bond donors (Lipinski definition) is 1. The van der Waals surface area contributed by atoms with Crippen LogP contribution in [0.25, 0.3) is 11.4 Å². The van der Waals surface area contributed by atoms with Gasteiger partial charge in [0.05, 0.1) is 0 Å². The highest BCUT2D eigenvalue weighted by atomic mass is 16.1. The Morgan fingerprint density at radius 2 is 2.31 bits per heavy atom. The first-order valence-electron chi connectivity index (χ1n) is 3.81. The molecule has 64 valence electrons. The minimum Gasteiger partial charge on any atom is -0.298 e. The fraction of sp³-hybridized carbons (Fsp3) is 0. The number of rotatable bonds is 2. The van der Waals surface area contributed by atoms with Gasteiger partial charge in [0.25, 0.3) is 0 Å². The third-order valence-corrected chi connectivity index (χ3v) is 1.70. The molecule has 2 aromatic rings. The highest BCUT2D eigenvalue weighted by molar-refractivity contribution is 5.77. The number of benzene rings is 1. The van der Waals surface area contributed by atoms with E-state index < -0.39 is 0 Å². The summed E-state index contributed by atoms with van der Waals surface area (Å²) in [7, 11) is 0. The van der Waals surface area contributed by atoms with E-state index in [0.29, 0.717) is 11.4 Å². The number of nitrogens with zero attached hydrogens (tertiary/aromatic N) is 2. The fourth-order valence-corrected chi connectivity index (χ4v) is 1.10. The highest BCUT2D eigenvalue weighted by Gasteiger charge is 2.00. The smallest absolute Gasteiger partial charge is 0.180 e. The largest absolute Gasteiger partial charge is 0.298 e. The summed E-state index contributed by atoms with van der Waals surface area (Å²) in [6.07, 6.45) is 2.30. The van der Waals surface area contributed by atoms with Gasteiger partial charge in [-0.05, 0) is 6.07 Å². The first kappa shape index (κ1) is 7.67. The lowest BCUT2D eigenvalue weighted by Gasteiger charge is -1.94. The van der Waals surface area contributed by atoms with Crippen LogP contribution in [0.3, 0.4) is 0 Å². The molecule has 0 aliphatic carbocycles. The van der Waals surface area contributed by atoms with Crippen molar-refractivity contribution in [3.05, 3.63) is 36.2 Å². The molecule has 0 bridgehead atoms. The van der Waals surface area contributed by atoms with Gasteiger partial charge in [0, 0.05) is 11.1 Å². The number of aldehydes is 1. The Kier molecular flexibility index (Phi) is 1.88. The van der Waals surface area contributed by atoms with E-state index in [4.69, 9.17) is 0 Å². The van der Waals surface area contributed by atoms with Crippen LogP contribution in [0.5, 0.6) is 0 Å². The molecular formula is C9H7N3O. The average molecular weight is 173 g/mol. The van der Waals surface area contributed by atoms with Crippen molar-refractivity contribution in [1.82, 2.24) is 15.2 Å². The van der Waals surface area contributed by atoms with E-state index in [1.807, 2.05) is 6.07 Å². The van der Waals surface area contributed by atoms with E-state index in [1.54, 1.807) is 18.2 Å². The lowest BCUT2D eigenvalue weighted by molar-refractivity contribution is 0.112. The minimum atomic E-state index is 0.601. The van der Waals surface area contributed by atoms with Crippen molar-refractivity contribution < 1.29 is 4.79 Å². The number of carbonyl (C=O) groups is 1. The zero-order chi connectivity index (χ0) is 9.10. The first-order valence-corrected chi connectivity index (χ1v) is 3.81. The molecule has 0 saturated heterocycles. The first-order chi connectivity index (χ1) is 6.40. The van der Waals surface area contributed by atoms with Crippen molar-refractivity contribution in [1.29, 1.82) is 0 Å². The topological polar surface area (TPSA) is 58.6 Å². The second kappa shape index (κ2) is 3.18. The van der Waals surface area contributed by atoms with E-state index in [1.165, 1.54) is 6.33 Å². The monoisotopic (exact) mass is 173 g/mol. The van der Waals surface area contributed by atoms with Crippen LogP contribution in [0.2, 0.25) is 0 Å². The number of H-pyrrole nitrogens is 1. The van der Waals surface area contributed by atoms with Gasteiger partial charge in [-0.3, -0.25) is 9.89 Å². The summed E-state index contributed by atoms with van der Waals surface area (Å²) in [5.41, 5.74) is 1.47. The molecule has 2 rings (SSSR count). The van der Waals surface area contributed by atoms with Crippen molar-refractivity contribution in [3.63, 3.8) is 0 Å². The van der Waals surface area contributed by atoms with E-state index in [-0.39, 0.29) is 0 Å². The Balaban J connectivity index is 2.47. The van der Waals surface area contributed by atoms with Crippen LogP contribution >= 0.6 is 0 Å². The molecule has 4 heteroatoms. The summed E-state index contributed by atoms with van der Waals surface area (Å²) in [4.78, 5) is 14.5. The third-order valence-electron chi connectivity index (χ3n) is 1.70. The molecule has 0 aliphatic rings. The minimum absolute atomic E-state index is 0.601. The summed E-state index contributed by atoms with van der Waals surface area (Å²) >= 11 is 0. The van der Waals surface area contributed by atoms with Crippen LogP contribution in [0, 0.1) is 0 Å². The maximum atomic E-state index is 10.5. The molecule has 1 heterocycles. The number of hydrogen-bond acceptors (Lipinski definition) is 3. The predicted molar refractivity (Wildman–Crippen MR) is 47.2 cm³/mol. The molecule has 0 spiro atoms. The lowest BCUT2D eigenvalue weighted by atomic mass is 10.1. The molecule has 4 nitrogen and oxygen atoms in total.